The number of nitrogens with one attached hydrogen (secondary N) is 1. The lowest BCUT2D eigenvalue weighted by molar-refractivity contribution is -0.136. The number of amides is 3. The predicted molar refractivity (Wildman–Crippen MR) is 226 cm³/mol. The molecule has 3 amide bonds. The number of fused-ring (bicyclic) bond motifs is 1. The van der Waals surface area contributed by atoms with Gasteiger partial charge in [0.1, 0.15) is 24.1 Å². The number of allylic oxidation sites excluding steroid dienone is 1. The number of piperidine rings is 1. The quantitative estimate of drug-likeness (QED) is 0.0400. The van der Waals surface area contributed by atoms with Gasteiger partial charge in [0.2, 0.25) is 11.8 Å². The number of benzene rings is 4. The average Bonchev–Trinajstić information content (AvgIpc) is 3.55. The summed E-state index contributed by atoms with van der Waals surface area (Å²) in [6.07, 6.45) is 10.0. The van der Waals surface area contributed by atoms with Crippen molar-refractivity contribution in [1.82, 2.24) is 15.1 Å². The summed E-state index contributed by atoms with van der Waals surface area (Å²) in [5.41, 5.74) is 7.51. The van der Waals surface area contributed by atoms with Crippen LogP contribution in [0.25, 0.3) is 11.1 Å². The van der Waals surface area contributed by atoms with Gasteiger partial charge in [0.25, 0.3) is 5.91 Å². The maximum Gasteiger partial charge on any atom is 0.255 e. The zero-order valence-electron chi connectivity index (χ0n) is 32.8. The van der Waals surface area contributed by atoms with Crippen molar-refractivity contribution in [3.8, 4) is 11.5 Å². The molecule has 2 N–H and O–H groups in total. The van der Waals surface area contributed by atoms with E-state index in [9.17, 15) is 19.5 Å². The van der Waals surface area contributed by atoms with Gasteiger partial charge in [0, 0.05) is 30.0 Å². The molecular weight excluding hydrogens is 719 g/mol. The number of imide groups is 1. The number of carbonyl (C=O) groups excluding carboxylic acids is 3. The van der Waals surface area contributed by atoms with Crippen LogP contribution >= 0.6 is 11.8 Å². The van der Waals surface area contributed by atoms with Crippen molar-refractivity contribution in [3.05, 3.63) is 125 Å². The molecule has 1 unspecified atom stereocenters. The minimum atomic E-state index is -0.577. The molecule has 0 radical (unpaired) electrons. The molecule has 0 spiro atoms. The molecule has 0 saturated carbocycles. The van der Waals surface area contributed by atoms with Crippen molar-refractivity contribution in [2.24, 2.45) is 0 Å². The number of ether oxygens (including phenoxy) is 1. The van der Waals surface area contributed by atoms with Gasteiger partial charge in [-0.2, -0.15) is 0 Å². The molecule has 0 aliphatic carbocycles. The van der Waals surface area contributed by atoms with Crippen LogP contribution in [0.15, 0.2) is 102 Å². The molecule has 1 saturated heterocycles. The largest absolute Gasteiger partial charge is 0.508 e. The molecule has 9 heteroatoms. The van der Waals surface area contributed by atoms with Crippen LogP contribution in [-0.4, -0.2) is 71.2 Å². The summed E-state index contributed by atoms with van der Waals surface area (Å²) in [6, 6.07) is 31.6. The summed E-state index contributed by atoms with van der Waals surface area (Å²) >= 11 is 1.80. The van der Waals surface area contributed by atoms with Crippen molar-refractivity contribution in [3.63, 3.8) is 0 Å². The zero-order valence-corrected chi connectivity index (χ0v) is 33.6. The Hall–Kier alpha value is -4.86. The van der Waals surface area contributed by atoms with Gasteiger partial charge < -0.3 is 19.6 Å². The van der Waals surface area contributed by atoms with Crippen LogP contribution in [0.3, 0.4) is 0 Å². The van der Waals surface area contributed by atoms with Gasteiger partial charge in [-0.25, -0.2) is 0 Å². The standard InChI is InChI=1S/C47H55N3O5S/c1-3-39(34-15-10-9-11-16-34)45(35-19-23-37(51)24-20-35)36-21-25-38(26-22-36)55-31-30-49(2)29-12-7-5-4-6-8-13-32-56-43-18-14-17-40-41(43)33-50(47(40)54)42-27-28-44(52)48-46(42)53/h9-11,14-26,42,51H,3-8,12-13,27-33H2,1-2H3,(H,48,52,53)/b45-39-. The van der Waals surface area contributed by atoms with Crippen molar-refractivity contribution in [2.45, 2.75) is 88.6 Å². The van der Waals surface area contributed by atoms with Crippen LogP contribution in [0.1, 0.15) is 104 Å². The van der Waals surface area contributed by atoms with E-state index in [-0.39, 0.29) is 29.9 Å². The lowest BCUT2D eigenvalue weighted by Crippen LogP contribution is -2.52. The zero-order chi connectivity index (χ0) is 39.3. The molecule has 2 aliphatic heterocycles. The summed E-state index contributed by atoms with van der Waals surface area (Å²) in [4.78, 5) is 42.2. The van der Waals surface area contributed by atoms with Crippen LogP contribution in [0.2, 0.25) is 0 Å². The fourth-order valence-corrected chi connectivity index (χ4v) is 8.79. The highest BCUT2D eigenvalue weighted by molar-refractivity contribution is 7.99. The average molecular weight is 774 g/mol. The van der Waals surface area contributed by atoms with Crippen LogP contribution in [-0.2, 0) is 16.1 Å². The topological polar surface area (TPSA) is 99.2 Å². The molecule has 56 heavy (non-hydrogen) atoms. The van der Waals surface area contributed by atoms with Crippen LogP contribution in [0, 0.1) is 0 Å². The number of phenolic OH excluding ortho intramolecular Hbond substituents is 1. The second-order valence-electron chi connectivity index (χ2n) is 14.8. The predicted octanol–water partition coefficient (Wildman–Crippen LogP) is 9.36. The van der Waals surface area contributed by atoms with Gasteiger partial charge in [-0.15, -0.1) is 11.8 Å². The highest BCUT2D eigenvalue weighted by atomic mass is 32.2. The fraction of sp³-hybridized carbons (Fsp3) is 0.383. The number of carbonyl (C=O) groups is 3. The Kier molecular flexibility index (Phi) is 14.8. The van der Waals surface area contributed by atoms with Gasteiger partial charge in [-0.1, -0.05) is 99.7 Å². The van der Waals surface area contributed by atoms with Gasteiger partial charge in [-0.3, -0.25) is 19.7 Å². The maximum atomic E-state index is 13.1. The van der Waals surface area contributed by atoms with Gasteiger partial charge >= 0.3 is 0 Å². The Morgan fingerprint density at radius 2 is 1.48 bits per heavy atom. The Bertz CT molecular complexity index is 1960. The molecule has 6 rings (SSSR count). The van der Waals surface area contributed by atoms with Crippen molar-refractivity contribution in [1.29, 1.82) is 0 Å². The second kappa shape index (κ2) is 20.3. The minimum absolute atomic E-state index is 0.113. The number of hydrogen-bond donors (Lipinski definition) is 2. The normalized spacial score (nSPS) is 15.9. The van der Waals surface area contributed by atoms with E-state index in [4.69, 9.17) is 4.74 Å². The Balaban J connectivity index is 0.850. The number of rotatable bonds is 20. The Morgan fingerprint density at radius 1 is 0.804 bits per heavy atom. The van der Waals surface area contributed by atoms with Gasteiger partial charge in [0.05, 0.1) is 0 Å². The van der Waals surface area contributed by atoms with E-state index in [1.54, 1.807) is 28.8 Å². The lowest BCUT2D eigenvalue weighted by Gasteiger charge is -2.29. The number of nitrogens with zero attached hydrogens (tertiary/aromatic N) is 2. The molecule has 1 fully saturated rings. The second-order valence-corrected chi connectivity index (χ2v) is 15.9. The van der Waals surface area contributed by atoms with Crippen LogP contribution in [0.4, 0.5) is 0 Å². The Morgan fingerprint density at radius 3 is 2.18 bits per heavy atom. The highest BCUT2D eigenvalue weighted by Crippen LogP contribution is 2.37. The van der Waals surface area contributed by atoms with Crippen molar-refractivity contribution >= 4 is 40.6 Å². The first-order chi connectivity index (χ1) is 27.3. The third-order valence-corrected chi connectivity index (χ3v) is 12.0. The van der Waals surface area contributed by atoms with Crippen molar-refractivity contribution in [2.75, 3.05) is 32.5 Å². The van der Waals surface area contributed by atoms with Crippen LogP contribution < -0.4 is 10.1 Å². The SMILES string of the molecule is CC/C(=C(\c1ccc(O)cc1)c1ccc(OCCN(C)CCCCCCCCCSc2cccc3c2CN(C2CCC(=O)NC2=O)C3=O)cc1)c1ccccc1. The molecule has 0 bridgehead atoms. The minimum Gasteiger partial charge on any atom is -0.508 e. The molecule has 4 aromatic rings. The summed E-state index contributed by atoms with van der Waals surface area (Å²) in [5, 5.41) is 12.3. The van der Waals surface area contributed by atoms with E-state index in [1.807, 2.05) is 30.3 Å². The third-order valence-electron chi connectivity index (χ3n) is 10.8. The van der Waals surface area contributed by atoms with E-state index in [0.717, 1.165) is 64.6 Å². The van der Waals surface area contributed by atoms with E-state index in [2.05, 4.69) is 78.8 Å². The first kappa shape index (κ1) is 40.8. The smallest absolute Gasteiger partial charge is 0.255 e. The summed E-state index contributed by atoms with van der Waals surface area (Å²) in [6.45, 7) is 5.19. The number of hydrogen-bond acceptors (Lipinski definition) is 7. The summed E-state index contributed by atoms with van der Waals surface area (Å²) in [5.74, 6) is 1.38. The Labute approximate surface area is 336 Å². The van der Waals surface area contributed by atoms with Gasteiger partial charge in [0.15, 0.2) is 0 Å². The number of unbranched alkanes of at least 4 members (excludes halogenated alkanes) is 6. The number of aromatic hydroxyl groups is 1. The summed E-state index contributed by atoms with van der Waals surface area (Å²) in [7, 11) is 2.17. The molecule has 2 aliphatic rings. The third kappa shape index (κ3) is 10.7. The number of likely N-dealkylation sites (N-methyl/N-ethyl adjacent to an activating group) is 1. The molecule has 2 heterocycles. The molecule has 8 nitrogen and oxygen atoms in total. The molecular formula is C47H55N3O5S. The maximum absolute atomic E-state index is 13.1. The van der Waals surface area contributed by atoms with Crippen LogP contribution in [0.5, 0.6) is 11.5 Å². The number of phenols is 1. The molecule has 294 valence electrons. The van der Waals surface area contributed by atoms with E-state index < -0.39 is 6.04 Å². The van der Waals surface area contributed by atoms with Crippen molar-refractivity contribution < 1.29 is 24.2 Å². The monoisotopic (exact) mass is 773 g/mol. The molecule has 1 atom stereocenters. The van der Waals surface area contributed by atoms with Gasteiger partial charge in [-0.05, 0) is 115 Å². The van der Waals surface area contributed by atoms with E-state index in [0.29, 0.717) is 25.1 Å². The fourth-order valence-electron chi connectivity index (χ4n) is 7.70. The highest BCUT2D eigenvalue weighted by Gasteiger charge is 2.39. The molecule has 0 aromatic heterocycles. The van der Waals surface area contributed by atoms with E-state index in [1.165, 1.54) is 49.7 Å². The molecule has 4 aromatic carbocycles. The first-order valence-electron chi connectivity index (χ1n) is 20.2. The number of thioether (sulfide) groups is 1. The van der Waals surface area contributed by atoms with E-state index >= 15 is 0 Å². The first-order valence-corrected chi connectivity index (χ1v) is 21.2. The summed E-state index contributed by atoms with van der Waals surface area (Å²) < 4.78 is 6.15. The lowest BCUT2D eigenvalue weighted by atomic mass is 9.88.